The van der Waals surface area contributed by atoms with E-state index in [-0.39, 0.29) is 12.1 Å². The largest absolute Gasteiger partial charge is 0.490 e. The van der Waals surface area contributed by atoms with Gasteiger partial charge in [0.15, 0.2) is 0 Å². The minimum absolute atomic E-state index is 0.125. The Morgan fingerprint density at radius 1 is 1.16 bits per heavy atom. The Morgan fingerprint density at radius 2 is 1.91 bits per heavy atom. The van der Waals surface area contributed by atoms with Crippen LogP contribution >= 0.6 is 23.2 Å². The first kappa shape index (κ1) is 23.2. The van der Waals surface area contributed by atoms with Crippen molar-refractivity contribution in [3.05, 3.63) is 57.6 Å². The quantitative estimate of drug-likeness (QED) is 0.516. The van der Waals surface area contributed by atoms with Crippen molar-refractivity contribution in [3.63, 3.8) is 0 Å². The fourth-order valence-electron chi connectivity index (χ4n) is 4.43. The number of hydrogen-bond acceptors (Lipinski definition) is 3. The van der Waals surface area contributed by atoms with Gasteiger partial charge in [0, 0.05) is 35.9 Å². The molecule has 1 saturated heterocycles. The lowest BCUT2D eigenvalue weighted by molar-refractivity contribution is 0.0532. The summed E-state index contributed by atoms with van der Waals surface area (Å²) < 4.78 is 6.12. The summed E-state index contributed by atoms with van der Waals surface area (Å²) in [5.74, 6) is 1.26. The van der Waals surface area contributed by atoms with Crippen LogP contribution in [0.2, 0.25) is 10.0 Å². The number of hydrogen-bond donors (Lipinski definition) is 1. The predicted molar refractivity (Wildman–Crippen MR) is 131 cm³/mol. The molecule has 0 radical (unpaired) electrons. The molecule has 172 valence electrons. The first-order chi connectivity index (χ1) is 15.4. The summed E-state index contributed by atoms with van der Waals surface area (Å²) in [4.78, 5) is 16.7. The average Bonchev–Trinajstić information content (AvgIpc) is 3.24. The number of ether oxygens (including phenoxy) is 1. The molecule has 0 bridgehead atoms. The molecular weight excluding hydrogens is 445 g/mol. The Kier molecular flexibility index (Phi) is 7.49. The number of benzene rings is 2. The van der Waals surface area contributed by atoms with Crippen LogP contribution in [0.3, 0.4) is 0 Å². The van der Waals surface area contributed by atoms with Gasteiger partial charge in [-0.25, -0.2) is 4.79 Å². The molecule has 2 fully saturated rings. The number of likely N-dealkylation sites (tertiary alicyclic amines) is 1. The summed E-state index contributed by atoms with van der Waals surface area (Å²) in [5, 5.41) is 4.33. The Morgan fingerprint density at radius 3 is 2.62 bits per heavy atom. The first-order valence-electron chi connectivity index (χ1n) is 11.3. The van der Waals surface area contributed by atoms with Gasteiger partial charge in [0.05, 0.1) is 6.10 Å². The molecule has 32 heavy (non-hydrogen) atoms. The van der Waals surface area contributed by atoms with Gasteiger partial charge in [-0.3, -0.25) is 4.90 Å². The number of anilines is 1. The highest BCUT2D eigenvalue weighted by molar-refractivity contribution is 6.31. The van der Waals surface area contributed by atoms with Crippen LogP contribution in [0.25, 0.3) is 0 Å². The zero-order valence-corrected chi connectivity index (χ0v) is 20.3. The molecule has 5 nitrogen and oxygen atoms in total. The van der Waals surface area contributed by atoms with Crippen molar-refractivity contribution in [1.82, 2.24) is 9.80 Å². The van der Waals surface area contributed by atoms with E-state index in [1.165, 1.54) is 12.8 Å². The van der Waals surface area contributed by atoms with Crippen LogP contribution in [0.15, 0.2) is 36.4 Å². The summed E-state index contributed by atoms with van der Waals surface area (Å²) in [7, 11) is 1.82. The molecule has 1 heterocycles. The summed E-state index contributed by atoms with van der Waals surface area (Å²) in [6, 6.07) is 11.4. The first-order valence-corrected chi connectivity index (χ1v) is 12.1. The SMILES string of the molecule is Cc1ccc(Cl)cc1NC(=O)N(C)CC1CC(Oc2ccc(CN3CCCC3)c(Cl)c2)C1. The lowest BCUT2D eigenvalue weighted by atomic mass is 9.82. The molecule has 0 spiro atoms. The van der Waals surface area contributed by atoms with Gasteiger partial charge < -0.3 is 15.0 Å². The predicted octanol–water partition coefficient (Wildman–Crippen LogP) is 6.22. The Hall–Kier alpha value is -1.95. The normalized spacial score (nSPS) is 20.6. The van der Waals surface area contributed by atoms with E-state index < -0.39 is 0 Å². The molecule has 0 atom stereocenters. The lowest BCUT2D eigenvalue weighted by Crippen LogP contribution is -2.43. The maximum Gasteiger partial charge on any atom is 0.321 e. The van der Waals surface area contributed by atoms with Crippen molar-refractivity contribution in [2.45, 2.75) is 45.3 Å². The van der Waals surface area contributed by atoms with Gasteiger partial charge >= 0.3 is 6.03 Å². The summed E-state index contributed by atoms with van der Waals surface area (Å²) >= 11 is 12.6. The fraction of sp³-hybridized carbons (Fsp3) is 0.480. The number of amides is 2. The molecule has 4 rings (SSSR count). The molecule has 2 aliphatic rings. The van der Waals surface area contributed by atoms with Gasteiger partial charge in [-0.2, -0.15) is 0 Å². The van der Waals surface area contributed by atoms with Crippen LogP contribution < -0.4 is 10.1 Å². The molecule has 1 aliphatic carbocycles. The van der Waals surface area contributed by atoms with E-state index in [1.54, 1.807) is 11.0 Å². The van der Waals surface area contributed by atoms with Crippen LogP contribution in [-0.4, -0.2) is 48.6 Å². The van der Waals surface area contributed by atoms with Crippen LogP contribution in [-0.2, 0) is 6.54 Å². The topological polar surface area (TPSA) is 44.8 Å². The van der Waals surface area contributed by atoms with Gasteiger partial charge in [0.2, 0.25) is 0 Å². The van der Waals surface area contributed by atoms with Crippen LogP contribution in [0, 0.1) is 12.8 Å². The number of urea groups is 1. The number of nitrogens with zero attached hydrogens (tertiary/aromatic N) is 2. The molecule has 1 aliphatic heterocycles. The Bertz CT molecular complexity index is 956. The smallest absolute Gasteiger partial charge is 0.321 e. The van der Waals surface area contributed by atoms with Crippen molar-refractivity contribution in [3.8, 4) is 5.75 Å². The highest BCUT2D eigenvalue weighted by atomic mass is 35.5. The molecular formula is C25H31Cl2N3O2. The summed E-state index contributed by atoms with van der Waals surface area (Å²) in [6.07, 6.45) is 4.59. The minimum atomic E-state index is -0.125. The second-order valence-electron chi connectivity index (χ2n) is 9.08. The van der Waals surface area contributed by atoms with Crippen molar-refractivity contribution < 1.29 is 9.53 Å². The molecule has 0 unspecified atom stereocenters. The Labute approximate surface area is 200 Å². The highest BCUT2D eigenvalue weighted by Crippen LogP contribution is 2.34. The van der Waals surface area contributed by atoms with Gasteiger partial charge in [-0.15, -0.1) is 0 Å². The molecule has 7 heteroatoms. The number of carbonyl (C=O) groups is 1. The van der Waals surface area contributed by atoms with Crippen LogP contribution in [0.5, 0.6) is 5.75 Å². The summed E-state index contributed by atoms with van der Waals surface area (Å²) in [5.41, 5.74) is 2.89. The van der Waals surface area contributed by atoms with Gasteiger partial charge in [-0.05, 0) is 87.0 Å². The third kappa shape index (κ3) is 5.89. The minimum Gasteiger partial charge on any atom is -0.490 e. The monoisotopic (exact) mass is 475 g/mol. The molecule has 1 saturated carbocycles. The lowest BCUT2D eigenvalue weighted by Gasteiger charge is -2.37. The molecule has 2 aromatic rings. The van der Waals surface area contributed by atoms with E-state index in [1.807, 2.05) is 38.2 Å². The highest BCUT2D eigenvalue weighted by Gasteiger charge is 2.32. The van der Waals surface area contributed by atoms with Crippen molar-refractivity contribution in [2.24, 2.45) is 5.92 Å². The standard InChI is InChI=1S/C25H31Cl2N3O2/c1-17-5-7-20(26)13-24(17)28-25(31)29(2)15-18-11-22(12-18)32-21-8-6-19(23(27)14-21)16-30-9-3-4-10-30/h5-8,13-14,18,22H,3-4,9-12,15-16H2,1-2H3,(H,28,31). The Balaban J connectivity index is 1.21. The van der Waals surface area contributed by atoms with Gasteiger partial charge in [0.1, 0.15) is 5.75 Å². The van der Waals surface area contributed by atoms with Gasteiger partial charge in [0.25, 0.3) is 0 Å². The number of halogens is 2. The molecule has 0 aromatic heterocycles. The summed E-state index contributed by atoms with van der Waals surface area (Å²) in [6.45, 7) is 5.87. The number of aryl methyl sites for hydroxylation is 1. The van der Waals surface area contributed by atoms with Crippen molar-refractivity contribution >= 4 is 34.9 Å². The van der Waals surface area contributed by atoms with E-state index in [9.17, 15) is 4.79 Å². The van der Waals surface area contributed by atoms with Crippen molar-refractivity contribution in [1.29, 1.82) is 0 Å². The molecule has 2 amide bonds. The van der Waals surface area contributed by atoms with Crippen LogP contribution in [0.1, 0.15) is 36.8 Å². The number of rotatable bonds is 7. The van der Waals surface area contributed by atoms with E-state index in [0.717, 1.165) is 60.1 Å². The molecule has 2 aromatic carbocycles. The van der Waals surface area contributed by atoms with Crippen molar-refractivity contribution in [2.75, 3.05) is 32.0 Å². The van der Waals surface area contributed by atoms with Crippen LogP contribution in [0.4, 0.5) is 10.5 Å². The number of carbonyl (C=O) groups excluding carboxylic acids is 1. The van der Waals surface area contributed by atoms with E-state index in [0.29, 0.717) is 17.5 Å². The fourth-order valence-corrected chi connectivity index (χ4v) is 4.84. The second-order valence-corrected chi connectivity index (χ2v) is 9.93. The van der Waals surface area contributed by atoms with E-state index >= 15 is 0 Å². The molecule has 1 N–H and O–H groups in total. The van der Waals surface area contributed by atoms with E-state index in [2.05, 4.69) is 16.3 Å². The van der Waals surface area contributed by atoms with E-state index in [4.69, 9.17) is 27.9 Å². The number of nitrogens with one attached hydrogen (secondary N) is 1. The maximum atomic E-state index is 12.5. The zero-order valence-electron chi connectivity index (χ0n) is 18.7. The van der Waals surface area contributed by atoms with Gasteiger partial charge in [-0.1, -0.05) is 35.3 Å². The zero-order chi connectivity index (χ0) is 22.7. The maximum absolute atomic E-state index is 12.5. The second kappa shape index (κ2) is 10.3. The average molecular weight is 476 g/mol. The third-order valence-electron chi connectivity index (χ3n) is 6.43. The third-order valence-corrected chi connectivity index (χ3v) is 7.02.